The number of alkyl carbamates (subject to hydrolysis) is 1. The van der Waals surface area contributed by atoms with Gasteiger partial charge >= 0.3 is 6.09 Å². The van der Waals surface area contributed by atoms with Gasteiger partial charge in [-0.2, -0.15) is 0 Å². The van der Waals surface area contributed by atoms with Gasteiger partial charge in [-0.05, 0) is 66.1 Å². The van der Waals surface area contributed by atoms with Crippen molar-refractivity contribution < 1.29 is 19.1 Å². The SMILES string of the molecule is C=C(CN(CCC)C(=O)CC)N/C(=C\C)c1ccc(-c2ccc(-c3ccc4nc([C@H]([C@@H](C)CC)N(CC)C(=O)CNC(=O)OC)n(N)c4c3)cc2)cc1. The topological polar surface area (TPSA) is 135 Å². The number of nitrogens with two attached hydrogens (primary N) is 1. The molecule has 0 fully saturated rings. The summed E-state index contributed by atoms with van der Waals surface area (Å²) in [5.41, 5.74) is 8.44. The number of aromatic nitrogens is 2. The lowest BCUT2D eigenvalue weighted by atomic mass is 9.96. The summed E-state index contributed by atoms with van der Waals surface area (Å²) in [6, 6.07) is 22.4. The van der Waals surface area contributed by atoms with Crippen molar-refractivity contribution in [2.24, 2.45) is 5.92 Å². The molecule has 0 aliphatic heterocycles. The predicted octanol–water partition coefficient (Wildman–Crippen LogP) is 7.49. The first-order valence-electron chi connectivity index (χ1n) is 18.5. The standard InChI is InChI=1S/C42H55N7O4/c1-9-24-47(38(50)12-4)27-29(7)45-35(11-3)33-20-18-31(19-21-33)30-14-16-32(17-15-30)34-22-23-36-37(25-34)49(43)41(46-36)40(28(6)10-2)48(13-5)39(51)26-44-42(52)53-8/h11,14-23,25,28,40,45H,7,9-10,12-13,24,26-27,43H2,1-6,8H3,(H,44,52)/b35-11-/t28-,40-/m0/s1. The molecule has 0 aliphatic rings. The second-order valence-electron chi connectivity index (χ2n) is 13.2. The molecule has 0 aliphatic carbocycles. The Morgan fingerprint density at radius 2 is 1.55 bits per heavy atom. The number of methoxy groups -OCH3 is 1. The lowest BCUT2D eigenvalue weighted by Gasteiger charge is -2.34. The first-order chi connectivity index (χ1) is 25.5. The average molecular weight is 722 g/mol. The van der Waals surface area contributed by atoms with Crippen LogP contribution in [0.1, 0.15) is 78.2 Å². The molecule has 4 N–H and O–H groups in total. The highest BCUT2D eigenvalue weighted by atomic mass is 16.5. The van der Waals surface area contributed by atoms with Gasteiger partial charge < -0.3 is 31.0 Å². The van der Waals surface area contributed by atoms with Crippen molar-refractivity contribution in [2.75, 3.05) is 39.1 Å². The monoisotopic (exact) mass is 721 g/mol. The number of nitrogens with one attached hydrogen (secondary N) is 2. The van der Waals surface area contributed by atoms with Crippen LogP contribution in [0.4, 0.5) is 4.79 Å². The van der Waals surface area contributed by atoms with Gasteiger partial charge in [-0.15, -0.1) is 0 Å². The Kier molecular flexibility index (Phi) is 14.2. The molecule has 0 saturated heterocycles. The molecule has 1 aromatic heterocycles. The van der Waals surface area contributed by atoms with Gasteiger partial charge in [0.05, 0.1) is 30.7 Å². The highest BCUT2D eigenvalue weighted by molar-refractivity contribution is 5.85. The zero-order valence-corrected chi connectivity index (χ0v) is 32.2. The van der Waals surface area contributed by atoms with E-state index in [0.29, 0.717) is 31.9 Å². The van der Waals surface area contributed by atoms with Gasteiger partial charge in [0.2, 0.25) is 11.8 Å². The fourth-order valence-electron chi connectivity index (χ4n) is 6.53. The van der Waals surface area contributed by atoms with Crippen molar-refractivity contribution in [3.63, 3.8) is 0 Å². The number of benzene rings is 3. The van der Waals surface area contributed by atoms with Crippen molar-refractivity contribution in [3.05, 3.63) is 96.5 Å². The lowest BCUT2D eigenvalue weighted by Crippen LogP contribution is -2.45. The molecular weight excluding hydrogens is 667 g/mol. The van der Waals surface area contributed by atoms with Gasteiger partial charge in [0.1, 0.15) is 6.54 Å². The van der Waals surface area contributed by atoms with Crippen LogP contribution >= 0.6 is 0 Å². The Morgan fingerprint density at radius 3 is 2.09 bits per heavy atom. The van der Waals surface area contributed by atoms with E-state index in [1.807, 2.05) is 49.9 Å². The van der Waals surface area contributed by atoms with Crippen molar-refractivity contribution in [2.45, 2.75) is 66.8 Å². The zero-order valence-electron chi connectivity index (χ0n) is 32.2. The van der Waals surface area contributed by atoms with Gasteiger partial charge in [0.15, 0.2) is 5.82 Å². The van der Waals surface area contributed by atoms with Crippen LogP contribution in [0.25, 0.3) is 39.0 Å². The summed E-state index contributed by atoms with van der Waals surface area (Å²) < 4.78 is 6.23. The number of carbonyl (C=O) groups is 3. The van der Waals surface area contributed by atoms with E-state index in [1.165, 1.54) is 7.11 Å². The van der Waals surface area contributed by atoms with Crippen LogP contribution < -0.4 is 16.5 Å². The maximum atomic E-state index is 13.3. The number of ether oxygens (including phenoxy) is 1. The normalized spacial score (nSPS) is 12.5. The van der Waals surface area contributed by atoms with E-state index in [4.69, 9.17) is 10.8 Å². The highest BCUT2D eigenvalue weighted by Gasteiger charge is 2.32. The van der Waals surface area contributed by atoms with Gasteiger partial charge in [0, 0.05) is 30.9 Å². The number of amides is 3. The molecule has 11 heteroatoms. The van der Waals surface area contributed by atoms with E-state index in [-0.39, 0.29) is 24.3 Å². The number of imidazole rings is 1. The number of likely N-dealkylation sites (N-methyl/N-ethyl adjacent to an activating group) is 1. The van der Waals surface area contributed by atoms with Crippen molar-refractivity contribution in [3.8, 4) is 22.3 Å². The van der Waals surface area contributed by atoms with Gasteiger partial charge in [-0.25, -0.2) is 14.5 Å². The number of allylic oxidation sites excluding steroid dienone is 1. The Bertz CT molecular complexity index is 1910. The molecule has 0 radical (unpaired) electrons. The summed E-state index contributed by atoms with van der Waals surface area (Å²) in [6.45, 7) is 17.6. The molecular formula is C42H55N7O4. The minimum absolute atomic E-state index is 0.0523. The smallest absolute Gasteiger partial charge is 0.407 e. The molecule has 2 atom stereocenters. The molecule has 0 saturated carbocycles. The first-order valence-corrected chi connectivity index (χ1v) is 18.5. The molecule has 3 amide bonds. The molecule has 53 heavy (non-hydrogen) atoms. The minimum atomic E-state index is -0.661. The summed E-state index contributed by atoms with van der Waals surface area (Å²) in [7, 11) is 1.26. The largest absolute Gasteiger partial charge is 0.453 e. The van der Waals surface area contributed by atoms with Crippen LogP contribution in [-0.2, 0) is 14.3 Å². The fourth-order valence-corrected chi connectivity index (χ4v) is 6.53. The Morgan fingerprint density at radius 1 is 0.943 bits per heavy atom. The van der Waals surface area contributed by atoms with E-state index in [2.05, 4.69) is 91.3 Å². The third-order valence-corrected chi connectivity index (χ3v) is 9.61. The Hall–Kier alpha value is -5.58. The quantitative estimate of drug-likeness (QED) is 0.0962. The van der Waals surface area contributed by atoms with Crippen LogP contribution in [0.2, 0.25) is 0 Å². The predicted molar refractivity (Wildman–Crippen MR) is 214 cm³/mol. The summed E-state index contributed by atoms with van der Waals surface area (Å²) in [5.74, 6) is 7.25. The number of carbonyl (C=O) groups excluding carboxylic acids is 3. The third-order valence-electron chi connectivity index (χ3n) is 9.61. The average Bonchev–Trinajstić information content (AvgIpc) is 3.51. The Balaban J connectivity index is 1.52. The molecule has 4 rings (SSSR count). The fraction of sp³-hybridized carbons (Fsp3) is 0.381. The second-order valence-corrected chi connectivity index (χ2v) is 13.2. The highest BCUT2D eigenvalue weighted by Crippen LogP contribution is 2.34. The molecule has 0 spiro atoms. The van der Waals surface area contributed by atoms with Crippen LogP contribution in [-0.4, -0.2) is 70.7 Å². The van der Waals surface area contributed by atoms with Crippen molar-refractivity contribution in [1.29, 1.82) is 0 Å². The molecule has 4 aromatic rings. The summed E-state index contributed by atoms with van der Waals surface area (Å²) in [5, 5.41) is 5.91. The second kappa shape index (κ2) is 18.8. The van der Waals surface area contributed by atoms with Crippen LogP contribution in [0, 0.1) is 5.92 Å². The van der Waals surface area contributed by atoms with E-state index in [1.54, 1.807) is 9.58 Å². The van der Waals surface area contributed by atoms with E-state index >= 15 is 0 Å². The van der Waals surface area contributed by atoms with E-state index in [9.17, 15) is 14.4 Å². The van der Waals surface area contributed by atoms with Crippen LogP contribution in [0.3, 0.4) is 0 Å². The molecule has 0 unspecified atom stereocenters. The van der Waals surface area contributed by atoms with Gasteiger partial charge in [-0.3, -0.25) is 9.59 Å². The maximum Gasteiger partial charge on any atom is 0.407 e. The summed E-state index contributed by atoms with van der Waals surface area (Å²) in [4.78, 5) is 45.7. The number of nitrogen functional groups attached to an aromatic ring is 1. The first kappa shape index (κ1) is 40.2. The van der Waals surface area contributed by atoms with Gasteiger partial charge in [0.25, 0.3) is 0 Å². The maximum absolute atomic E-state index is 13.3. The molecule has 1 heterocycles. The molecule has 11 nitrogen and oxygen atoms in total. The lowest BCUT2D eigenvalue weighted by molar-refractivity contribution is -0.134. The Labute approximate surface area is 313 Å². The van der Waals surface area contributed by atoms with Gasteiger partial charge in [-0.1, -0.05) is 101 Å². The zero-order chi connectivity index (χ0) is 38.7. The molecule has 0 bridgehead atoms. The number of nitrogens with zero attached hydrogens (tertiary/aromatic N) is 4. The van der Waals surface area contributed by atoms with Crippen molar-refractivity contribution in [1.82, 2.24) is 30.1 Å². The number of hydrogen-bond acceptors (Lipinski definition) is 7. The number of fused-ring (bicyclic) bond motifs is 1. The third kappa shape index (κ3) is 9.65. The van der Waals surface area contributed by atoms with Crippen molar-refractivity contribution >= 4 is 34.6 Å². The summed E-state index contributed by atoms with van der Waals surface area (Å²) >= 11 is 0. The molecule has 3 aromatic carbocycles. The van der Waals surface area contributed by atoms with E-state index < -0.39 is 12.1 Å². The van der Waals surface area contributed by atoms with Crippen LogP contribution in [0.5, 0.6) is 0 Å². The minimum Gasteiger partial charge on any atom is -0.453 e. The van der Waals surface area contributed by atoms with E-state index in [0.717, 1.165) is 63.1 Å². The molecule has 282 valence electrons. The number of rotatable bonds is 17. The van der Waals surface area contributed by atoms with Crippen LogP contribution in [0.15, 0.2) is 85.1 Å². The number of hydrogen-bond donors (Lipinski definition) is 3. The summed E-state index contributed by atoms with van der Waals surface area (Å²) in [6.07, 6.45) is 3.53.